The molecule has 0 spiro atoms. The second-order valence-corrected chi connectivity index (χ2v) is 8.82. The van der Waals surface area contributed by atoms with E-state index in [1.54, 1.807) is 0 Å². The van der Waals surface area contributed by atoms with Crippen molar-refractivity contribution in [1.29, 1.82) is 0 Å². The van der Waals surface area contributed by atoms with Crippen molar-refractivity contribution in [3.8, 4) is 22.5 Å². The van der Waals surface area contributed by atoms with Crippen molar-refractivity contribution in [3.05, 3.63) is 77.4 Å². The van der Waals surface area contributed by atoms with Crippen LogP contribution >= 0.6 is 0 Å². The third-order valence-electron chi connectivity index (χ3n) is 5.82. The molecule has 0 aliphatic heterocycles. The lowest BCUT2D eigenvalue weighted by molar-refractivity contribution is -0.659. The monoisotopic (exact) mass is 396 g/mol. The lowest BCUT2D eigenvalue weighted by Gasteiger charge is -2.12. The SMILES string of the molecule is Cc1cc(C)c(C)c(-c2cc3c(-c4cnc(CC(C)C)cn4)cccc3c[n+]2C)c1. The van der Waals surface area contributed by atoms with Gasteiger partial charge in [0.1, 0.15) is 7.05 Å². The second kappa shape index (κ2) is 7.98. The highest BCUT2D eigenvalue weighted by atomic mass is 14.9. The molecule has 0 unspecified atom stereocenters. The Morgan fingerprint density at radius 2 is 1.73 bits per heavy atom. The molecule has 0 amide bonds. The summed E-state index contributed by atoms with van der Waals surface area (Å²) in [4.78, 5) is 9.42. The zero-order chi connectivity index (χ0) is 21.4. The van der Waals surface area contributed by atoms with Crippen molar-refractivity contribution in [2.45, 2.75) is 41.0 Å². The van der Waals surface area contributed by atoms with Crippen molar-refractivity contribution >= 4 is 10.8 Å². The highest BCUT2D eigenvalue weighted by Crippen LogP contribution is 2.31. The third kappa shape index (κ3) is 3.85. The first-order chi connectivity index (χ1) is 14.3. The van der Waals surface area contributed by atoms with E-state index in [4.69, 9.17) is 4.98 Å². The summed E-state index contributed by atoms with van der Waals surface area (Å²) in [5.41, 5.74) is 9.52. The molecule has 2 aromatic heterocycles. The molecule has 0 fully saturated rings. The average molecular weight is 397 g/mol. The van der Waals surface area contributed by atoms with Gasteiger partial charge >= 0.3 is 0 Å². The molecule has 0 radical (unpaired) electrons. The molecule has 2 aromatic carbocycles. The van der Waals surface area contributed by atoms with Crippen LogP contribution in [0.4, 0.5) is 0 Å². The van der Waals surface area contributed by atoms with Crippen molar-refractivity contribution in [1.82, 2.24) is 9.97 Å². The Labute approximate surface area is 179 Å². The van der Waals surface area contributed by atoms with Crippen LogP contribution < -0.4 is 4.57 Å². The molecule has 4 rings (SSSR count). The number of fused-ring (bicyclic) bond motifs is 1. The first-order valence-corrected chi connectivity index (χ1v) is 10.7. The number of hydrogen-bond donors (Lipinski definition) is 0. The standard InChI is InChI=1S/C27H30N3/c1-17(2)10-22-14-29-26(15-28-22)23-9-7-8-21-16-30(6)27(13-25(21)23)24-12-18(3)11-19(4)20(24)5/h7-9,11-17H,10H2,1-6H3/q+1. The topological polar surface area (TPSA) is 29.7 Å². The molecule has 0 bridgehead atoms. The van der Waals surface area contributed by atoms with Gasteiger partial charge < -0.3 is 0 Å². The lowest BCUT2D eigenvalue weighted by atomic mass is 9.95. The maximum atomic E-state index is 4.75. The molecule has 0 saturated heterocycles. The molecule has 0 aliphatic rings. The Morgan fingerprint density at radius 3 is 2.43 bits per heavy atom. The van der Waals surface area contributed by atoms with Crippen LogP contribution in [-0.4, -0.2) is 9.97 Å². The van der Waals surface area contributed by atoms with Gasteiger partial charge in [-0.3, -0.25) is 9.97 Å². The van der Waals surface area contributed by atoms with E-state index in [9.17, 15) is 0 Å². The second-order valence-electron chi connectivity index (χ2n) is 8.82. The van der Waals surface area contributed by atoms with Gasteiger partial charge in [0.25, 0.3) is 0 Å². The van der Waals surface area contributed by atoms with Crippen molar-refractivity contribution in [2.75, 3.05) is 0 Å². The molecule has 0 aliphatic carbocycles. The molecule has 0 saturated carbocycles. The van der Waals surface area contributed by atoms with Crippen LogP contribution in [0.15, 0.2) is 55.0 Å². The van der Waals surface area contributed by atoms with E-state index in [1.807, 2.05) is 12.4 Å². The summed E-state index contributed by atoms with van der Waals surface area (Å²) < 4.78 is 2.23. The van der Waals surface area contributed by atoms with Crippen LogP contribution in [0.2, 0.25) is 0 Å². The first-order valence-electron chi connectivity index (χ1n) is 10.7. The fourth-order valence-electron chi connectivity index (χ4n) is 4.19. The van der Waals surface area contributed by atoms with Crippen LogP contribution in [0.25, 0.3) is 33.3 Å². The molecule has 4 aromatic rings. The molecule has 3 heteroatoms. The van der Waals surface area contributed by atoms with Crippen molar-refractivity contribution < 1.29 is 4.57 Å². The Bertz CT molecular complexity index is 1220. The van der Waals surface area contributed by atoms with Gasteiger partial charge in [-0.15, -0.1) is 0 Å². The van der Waals surface area contributed by atoms with E-state index < -0.39 is 0 Å². The quantitative estimate of drug-likeness (QED) is 0.401. The Kier molecular flexibility index (Phi) is 5.38. The summed E-state index contributed by atoms with van der Waals surface area (Å²) in [6, 6.07) is 13.2. The maximum Gasteiger partial charge on any atom is 0.213 e. The van der Waals surface area contributed by atoms with Crippen LogP contribution in [0.3, 0.4) is 0 Å². The van der Waals surface area contributed by atoms with Gasteiger partial charge in [-0.05, 0) is 56.4 Å². The van der Waals surface area contributed by atoms with Crippen LogP contribution in [0.5, 0.6) is 0 Å². The highest BCUT2D eigenvalue weighted by Gasteiger charge is 2.18. The summed E-state index contributed by atoms with van der Waals surface area (Å²) in [5.74, 6) is 0.575. The highest BCUT2D eigenvalue weighted by molar-refractivity contribution is 5.96. The summed E-state index contributed by atoms with van der Waals surface area (Å²) in [5, 5.41) is 2.41. The zero-order valence-corrected chi connectivity index (χ0v) is 18.8. The Morgan fingerprint density at radius 1 is 0.933 bits per heavy atom. The first kappa shape index (κ1) is 20.2. The van der Waals surface area contributed by atoms with Gasteiger partial charge in [-0.2, -0.15) is 0 Å². The molecular weight excluding hydrogens is 366 g/mol. The molecule has 30 heavy (non-hydrogen) atoms. The van der Waals surface area contributed by atoms with Crippen molar-refractivity contribution in [2.24, 2.45) is 13.0 Å². The number of hydrogen-bond acceptors (Lipinski definition) is 2. The number of aromatic nitrogens is 3. The molecule has 0 N–H and O–H groups in total. The molecule has 2 heterocycles. The predicted octanol–water partition coefficient (Wildman–Crippen LogP) is 5.91. The van der Waals surface area contributed by atoms with E-state index in [0.717, 1.165) is 23.4 Å². The number of rotatable bonds is 4. The Balaban J connectivity index is 1.88. The minimum atomic E-state index is 0.575. The van der Waals surface area contributed by atoms with Gasteiger partial charge in [0, 0.05) is 34.2 Å². The summed E-state index contributed by atoms with van der Waals surface area (Å²) >= 11 is 0. The van der Waals surface area contributed by atoms with Crippen LogP contribution in [-0.2, 0) is 13.5 Å². The minimum absolute atomic E-state index is 0.575. The van der Waals surface area contributed by atoms with Crippen molar-refractivity contribution in [3.63, 3.8) is 0 Å². The van der Waals surface area contributed by atoms with E-state index in [-0.39, 0.29) is 0 Å². The smallest absolute Gasteiger partial charge is 0.213 e. The molecular formula is C27H30N3+. The average Bonchev–Trinajstić information content (AvgIpc) is 2.70. The third-order valence-corrected chi connectivity index (χ3v) is 5.82. The normalized spacial score (nSPS) is 11.4. The molecule has 3 nitrogen and oxygen atoms in total. The summed E-state index contributed by atoms with van der Waals surface area (Å²) in [6.45, 7) is 11.0. The fraction of sp³-hybridized carbons (Fsp3) is 0.296. The number of nitrogens with zero attached hydrogens (tertiary/aromatic N) is 3. The lowest BCUT2D eigenvalue weighted by Crippen LogP contribution is -2.30. The summed E-state index contributed by atoms with van der Waals surface area (Å²) in [7, 11) is 2.12. The van der Waals surface area contributed by atoms with Gasteiger partial charge in [-0.1, -0.05) is 37.6 Å². The van der Waals surface area contributed by atoms with Crippen LogP contribution in [0.1, 0.15) is 36.2 Å². The Hall–Kier alpha value is -3.07. The van der Waals surface area contributed by atoms with E-state index >= 15 is 0 Å². The van der Waals surface area contributed by atoms with E-state index in [1.165, 1.54) is 38.7 Å². The minimum Gasteiger partial charge on any atom is -0.257 e. The number of aryl methyl sites for hydroxylation is 3. The fourth-order valence-corrected chi connectivity index (χ4v) is 4.19. The van der Waals surface area contributed by atoms with Gasteiger partial charge in [-0.25, -0.2) is 4.57 Å². The molecule has 0 atom stereocenters. The van der Waals surface area contributed by atoms with Gasteiger partial charge in [0.05, 0.1) is 17.6 Å². The summed E-state index contributed by atoms with van der Waals surface area (Å²) in [6.07, 6.45) is 7.01. The van der Waals surface area contributed by atoms with E-state index in [0.29, 0.717) is 5.92 Å². The number of pyridine rings is 1. The largest absolute Gasteiger partial charge is 0.257 e. The van der Waals surface area contributed by atoms with E-state index in [2.05, 4.69) is 93.8 Å². The molecule has 152 valence electrons. The van der Waals surface area contributed by atoms with Gasteiger partial charge in [0.2, 0.25) is 5.69 Å². The number of benzene rings is 2. The predicted molar refractivity (Wildman–Crippen MR) is 124 cm³/mol. The van der Waals surface area contributed by atoms with Crippen LogP contribution in [0, 0.1) is 26.7 Å². The zero-order valence-electron chi connectivity index (χ0n) is 18.8. The maximum absolute atomic E-state index is 4.75. The van der Waals surface area contributed by atoms with Gasteiger partial charge in [0.15, 0.2) is 6.20 Å².